The topological polar surface area (TPSA) is 131 Å². The number of hydrogen-bond acceptors (Lipinski definition) is 10. The van der Waals surface area contributed by atoms with E-state index in [1.807, 2.05) is 6.26 Å². The Kier molecular flexibility index (Phi) is 5.50. The van der Waals surface area contributed by atoms with Gasteiger partial charge in [-0.3, -0.25) is 4.79 Å². The van der Waals surface area contributed by atoms with E-state index in [4.69, 9.17) is 9.26 Å². The van der Waals surface area contributed by atoms with Crippen molar-refractivity contribution >= 4 is 23.5 Å². The van der Waals surface area contributed by atoms with E-state index in [2.05, 4.69) is 25.3 Å². The van der Waals surface area contributed by atoms with Crippen LogP contribution in [0.5, 0.6) is 0 Å². The van der Waals surface area contributed by atoms with Crippen LogP contribution in [0.25, 0.3) is 11.4 Å². The highest BCUT2D eigenvalue weighted by Gasteiger charge is 2.38. The number of rotatable bonds is 8. The van der Waals surface area contributed by atoms with Crippen LogP contribution >= 0.6 is 11.8 Å². The van der Waals surface area contributed by atoms with Gasteiger partial charge in [0.05, 0.1) is 12.3 Å². The Balaban J connectivity index is 1.70. The van der Waals surface area contributed by atoms with Crippen molar-refractivity contribution in [2.45, 2.75) is 30.6 Å². The molecule has 0 unspecified atom stereocenters. The first-order valence-electron chi connectivity index (χ1n) is 10.3. The molecule has 3 heterocycles. The van der Waals surface area contributed by atoms with Crippen molar-refractivity contribution in [1.82, 2.24) is 34.7 Å². The molecule has 1 saturated carbocycles. The molecule has 0 atom stereocenters. The van der Waals surface area contributed by atoms with E-state index in [0.29, 0.717) is 27.6 Å². The molecule has 0 spiro atoms. The summed E-state index contributed by atoms with van der Waals surface area (Å²) in [5, 5.41) is 12.4. The number of carbonyl (C=O) groups excluding carboxylic acids is 2. The summed E-state index contributed by atoms with van der Waals surface area (Å²) < 4.78 is 13.7. The van der Waals surface area contributed by atoms with Crippen LogP contribution in [-0.2, 0) is 4.74 Å². The second-order valence-electron chi connectivity index (χ2n) is 7.29. The number of aromatic nitrogens is 7. The van der Waals surface area contributed by atoms with Crippen LogP contribution in [0.3, 0.4) is 0 Å². The SMILES string of the molecule is CCOC(=O)c1noc(C2CC2)c1C(=O)c1ccc(-n2cncn2)c(-n2cncn2)c1SC. The Labute approximate surface area is 192 Å². The zero-order valence-corrected chi connectivity index (χ0v) is 18.7. The molecule has 168 valence electrons. The lowest BCUT2D eigenvalue weighted by molar-refractivity contribution is 0.0512. The second kappa shape index (κ2) is 8.62. The van der Waals surface area contributed by atoms with Crippen LogP contribution in [0.2, 0.25) is 0 Å². The fraction of sp³-hybridized carbons (Fsp3) is 0.286. The van der Waals surface area contributed by atoms with Gasteiger partial charge in [0.2, 0.25) is 5.69 Å². The van der Waals surface area contributed by atoms with Gasteiger partial charge >= 0.3 is 5.97 Å². The average Bonchev–Trinajstić information content (AvgIpc) is 3.26. The van der Waals surface area contributed by atoms with E-state index in [-0.39, 0.29) is 29.6 Å². The Morgan fingerprint density at radius 2 is 1.88 bits per heavy atom. The van der Waals surface area contributed by atoms with Gasteiger partial charge in [-0.05, 0) is 38.2 Å². The summed E-state index contributed by atoms with van der Waals surface area (Å²) >= 11 is 1.37. The van der Waals surface area contributed by atoms with Gasteiger partial charge in [0, 0.05) is 16.4 Å². The van der Waals surface area contributed by atoms with Gasteiger partial charge in [0.25, 0.3) is 0 Å². The molecule has 3 aromatic heterocycles. The first-order valence-corrected chi connectivity index (χ1v) is 11.5. The van der Waals surface area contributed by atoms with Gasteiger partial charge in [-0.1, -0.05) is 5.16 Å². The maximum Gasteiger partial charge on any atom is 0.361 e. The van der Waals surface area contributed by atoms with Crippen molar-refractivity contribution in [1.29, 1.82) is 0 Å². The second-order valence-corrected chi connectivity index (χ2v) is 8.11. The zero-order valence-electron chi connectivity index (χ0n) is 17.8. The van der Waals surface area contributed by atoms with Crippen molar-refractivity contribution in [2.24, 2.45) is 0 Å². The van der Waals surface area contributed by atoms with Gasteiger partial charge in [-0.25, -0.2) is 24.1 Å². The molecule has 0 bridgehead atoms. The van der Waals surface area contributed by atoms with Crippen LogP contribution in [0, 0.1) is 0 Å². The molecule has 0 aliphatic heterocycles. The molecular weight excluding hydrogens is 446 g/mol. The van der Waals surface area contributed by atoms with Gasteiger partial charge in [-0.15, -0.1) is 11.8 Å². The smallest absolute Gasteiger partial charge is 0.361 e. The lowest BCUT2D eigenvalue weighted by atomic mass is 9.98. The molecule has 5 rings (SSSR count). The third-order valence-corrected chi connectivity index (χ3v) is 6.06. The van der Waals surface area contributed by atoms with Crippen LogP contribution in [0.1, 0.15) is 57.9 Å². The minimum Gasteiger partial charge on any atom is -0.461 e. The molecule has 0 N–H and O–H groups in total. The van der Waals surface area contributed by atoms with Crippen molar-refractivity contribution < 1.29 is 18.8 Å². The Bertz CT molecular complexity index is 1310. The standard InChI is InChI=1S/C21H19N7O4S/c1-3-31-21(30)16-15(19(32-26-16)12-4-5-12)18(29)13-6-7-14(27-10-22-8-24-27)17(20(13)33-2)28-11-23-9-25-28/h6-12H,3-5H2,1-2H3. The number of carbonyl (C=O) groups is 2. The Morgan fingerprint density at radius 1 is 1.15 bits per heavy atom. The van der Waals surface area contributed by atoms with Crippen molar-refractivity contribution in [3.05, 3.63) is 60.0 Å². The Hall–Kier alpha value is -3.80. The molecule has 0 saturated heterocycles. The number of nitrogens with zero attached hydrogens (tertiary/aromatic N) is 7. The number of hydrogen-bond donors (Lipinski definition) is 0. The van der Waals surface area contributed by atoms with E-state index in [1.54, 1.807) is 41.1 Å². The summed E-state index contributed by atoms with van der Waals surface area (Å²) in [7, 11) is 0. The molecule has 33 heavy (non-hydrogen) atoms. The fourth-order valence-electron chi connectivity index (χ4n) is 3.63. The monoisotopic (exact) mass is 465 g/mol. The Morgan fingerprint density at radius 3 is 2.48 bits per heavy atom. The van der Waals surface area contributed by atoms with E-state index >= 15 is 0 Å². The van der Waals surface area contributed by atoms with Crippen LogP contribution in [0.15, 0.2) is 46.9 Å². The van der Waals surface area contributed by atoms with Gasteiger partial charge in [0.15, 0.2) is 11.5 Å². The van der Waals surface area contributed by atoms with Crippen LogP contribution in [0.4, 0.5) is 0 Å². The largest absolute Gasteiger partial charge is 0.461 e. The first-order chi connectivity index (χ1) is 16.1. The highest BCUT2D eigenvalue weighted by molar-refractivity contribution is 7.98. The van der Waals surface area contributed by atoms with Gasteiger partial charge < -0.3 is 9.26 Å². The minimum absolute atomic E-state index is 0.0709. The summed E-state index contributed by atoms with van der Waals surface area (Å²) in [5.41, 5.74) is 1.71. The number of ketones is 1. The van der Waals surface area contributed by atoms with Crippen molar-refractivity contribution in [2.75, 3.05) is 12.9 Å². The van der Waals surface area contributed by atoms with E-state index < -0.39 is 5.97 Å². The summed E-state index contributed by atoms with van der Waals surface area (Å²) in [6.07, 6.45) is 9.56. The summed E-state index contributed by atoms with van der Waals surface area (Å²) in [6, 6.07) is 3.46. The number of esters is 1. The molecule has 1 aliphatic carbocycles. The van der Waals surface area contributed by atoms with E-state index in [1.165, 1.54) is 24.4 Å². The maximum absolute atomic E-state index is 13.9. The summed E-state index contributed by atoms with van der Waals surface area (Å²) in [5.74, 6) is -0.547. The van der Waals surface area contributed by atoms with Crippen molar-refractivity contribution in [3.8, 4) is 11.4 Å². The highest BCUT2D eigenvalue weighted by Crippen LogP contribution is 2.44. The van der Waals surface area contributed by atoms with Gasteiger partial charge in [-0.2, -0.15) is 10.2 Å². The van der Waals surface area contributed by atoms with Crippen molar-refractivity contribution in [3.63, 3.8) is 0 Å². The van der Waals surface area contributed by atoms with Crippen LogP contribution in [-0.4, -0.2) is 59.3 Å². The molecule has 11 nitrogen and oxygen atoms in total. The fourth-order valence-corrected chi connectivity index (χ4v) is 4.40. The third-order valence-electron chi connectivity index (χ3n) is 5.23. The van der Waals surface area contributed by atoms with E-state index in [0.717, 1.165) is 12.8 Å². The molecule has 1 aliphatic rings. The lowest BCUT2D eigenvalue weighted by Gasteiger charge is -2.16. The predicted octanol–water partition coefficient (Wildman–Crippen LogP) is 2.84. The minimum atomic E-state index is -0.682. The highest BCUT2D eigenvalue weighted by atomic mass is 32.2. The first kappa shape index (κ1) is 21.1. The normalized spacial score (nSPS) is 13.3. The predicted molar refractivity (Wildman–Crippen MR) is 116 cm³/mol. The number of thioether (sulfide) groups is 1. The quantitative estimate of drug-likeness (QED) is 0.217. The molecule has 1 fully saturated rings. The number of ether oxygens (including phenoxy) is 1. The molecule has 12 heteroatoms. The van der Waals surface area contributed by atoms with Gasteiger partial charge in [0.1, 0.15) is 36.6 Å². The summed E-state index contributed by atoms with van der Waals surface area (Å²) in [6.45, 7) is 1.86. The summed E-state index contributed by atoms with van der Waals surface area (Å²) in [4.78, 5) is 35.1. The van der Waals surface area contributed by atoms with Crippen LogP contribution < -0.4 is 0 Å². The molecular formula is C21H19N7O4S. The number of benzene rings is 1. The average molecular weight is 465 g/mol. The molecule has 4 aromatic rings. The zero-order chi connectivity index (χ0) is 22.9. The maximum atomic E-state index is 13.9. The van der Waals surface area contributed by atoms with E-state index in [9.17, 15) is 9.59 Å². The molecule has 1 aromatic carbocycles. The molecule has 0 amide bonds. The third kappa shape index (κ3) is 3.71. The molecule has 0 radical (unpaired) electrons. The lowest BCUT2D eigenvalue weighted by Crippen LogP contribution is -2.15.